The molecule has 3 aromatic rings. The molecule has 1 saturated heterocycles. The zero-order chi connectivity index (χ0) is 21.3. The van der Waals surface area contributed by atoms with Gasteiger partial charge in [0.25, 0.3) is 0 Å². The van der Waals surface area contributed by atoms with Crippen molar-refractivity contribution in [2.75, 3.05) is 26.3 Å². The van der Waals surface area contributed by atoms with E-state index in [1.807, 2.05) is 24.3 Å². The Morgan fingerprint density at radius 1 is 0.968 bits per heavy atom. The number of aromatic nitrogens is 4. The van der Waals surface area contributed by atoms with Gasteiger partial charge in [-0.15, -0.1) is 5.10 Å². The Morgan fingerprint density at radius 3 is 2.42 bits per heavy atom. The highest BCUT2D eigenvalue weighted by Crippen LogP contribution is 2.34. The Bertz CT molecular complexity index is 1140. The second kappa shape index (κ2) is 8.16. The van der Waals surface area contributed by atoms with Crippen LogP contribution in [0.1, 0.15) is 12.8 Å². The molecule has 0 radical (unpaired) electrons. The molecule has 2 aliphatic rings. The SMILES string of the molecule is O=S(=O)(c1ccc2c(c1)OCCO2)N1CCC(Oc2ccc(-n3cnnn3)cc2)CC1. The maximum atomic E-state index is 13.1. The van der Waals surface area contributed by atoms with Gasteiger partial charge in [-0.3, -0.25) is 0 Å². The first-order valence-electron chi connectivity index (χ1n) is 9.99. The lowest BCUT2D eigenvalue weighted by Crippen LogP contribution is -2.41. The molecule has 162 valence electrons. The van der Waals surface area contributed by atoms with Crippen molar-refractivity contribution in [3.05, 3.63) is 48.8 Å². The first-order valence-corrected chi connectivity index (χ1v) is 11.4. The van der Waals surface area contributed by atoms with E-state index in [9.17, 15) is 8.42 Å². The number of rotatable bonds is 5. The van der Waals surface area contributed by atoms with Crippen molar-refractivity contribution in [2.45, 2.75) is 23.8 Å². The molecule has 2 aromatic carbocycles. The second-order valence-corrected chi connectivity index (χ2v) is 9.21. The van der Waals surface area contributed by atoms with Crippen molar-refractivity contribution >= 4 is 10.0 Å². The molecule has 0 spiro atoms. The minimum Gasteiger partial charge on any atom is -0.490 e. The third kappa shape index (κ3) is 4.06. The normalized spacial score (nSPS) is 17.4. The fraction of sp³-hybridized carbons (Fsp3) is 0.350. The minimum atomic E-state index is -3.60. The fourth-order valence-electron chi connectivity index (χ4n) is 3.67. The van der Waals surface area contributed by atoms with Crippen LogP contribution in [0.2, 0.25) is 0 Å². The monoisotopic (exact) mass is 443 g/mol. The van der Waals surface area contributed by atoms with E-state index < -0.39 is 10.0 Å². The van der Waals surface area contributed by atoms with Gasteiger partial charge in [0.05, 0.1) is 10.6 Å². The van der Waals surface area contributed by atoms with Crippen LogP contribution < -0.4 is 14.2 Å². The molecule has 2 aliphatic heterocycles. The molecule has 11 heteroatoms. The van der Waals surface area contributed by atoms with E-state index in [0.717, 1.165) is 11.4 Å². The van der Waals surface area contributed by atoms with Crippen LogP contribution in [0.25, 0.3) is 5.69 Å². The van der Waals surface area contributed by atoms with Gasteiger partial charge in [-0.1, -0.05) is 0 Å². The van der Waals surface area contributed by atoms with Crippen molar-refractivity contribution in [2.24, 2.45) is 0 Å². The van der Waals surface area contributed by atoms with E-state index in [1.54, 1.807) is 22.9 Å². The second-order valence-electron chi connectivity index (χ2n) is 7.28. The first kappa shape index (κ1) is 19.8. The lowest BCUT2D eigenvalue weighted by atomic mass is 10.1. The first-order chi connectivity index (χ1) is 15.1. The Balaban J connectivity index is 1.21. The van der Waals surface area contributed by atoms with Crippen molar-refractivity contribution in [1.29, 1.82) is 0 Å². The van der Waals surface area contributed by atoms with Crippen LogP contribution in [-0.2, 0) is 10.0 Å². The van der Waals surface area contributed by atoms with Gasteiger partial charge in [-0.05, 0) is 59.7 Å². The van der Waals surface area contributed by atoms with Crippen LogP contribution in [-0.4, -0.2) is 65.3 Å². The number of nitrogens with zero attached hydrogens (tertiary/aromatic N) is 5. The minimum absolute atomic E-state index is 0.0504. The van der Waals surface area contributed by atoms with Crippen molar-refractivity contribution in [3.8, 4) is 22.9 Å². The van der Waals surface area contributed by atoms with Gasteiger partial charge in [-0.2, -0.15) is 4.31 Å². The molecular weight excluding hydrogens is 422 g/mol. The molecule has 0 bridgehead atoms. The molecule has 0 saturated carbocycles. The summed E-state index contributed by atoms with van der Waals surface area (Å²) >= 11 is 0. The highest BCUT2D eigenvalue weighted by Gasteiger charge is 2.31. The average molecular weight is 443 g/mol. The molecule has 1 aromatic heterocycles. The Labute approximate surface area is 179 Å². The van der Waals surface area contributed by atoms with E-state index in [0.29, 0.717) is 50.6 Å². The Hall–Kier alpha value is -3.18. The van der Waals surface area contributed by atoms with Gasteiger partial charge >= 0.3 is 0 Å². The fourth-order valence-corrected chi connectivity index (χ4v) is 5.16. The van der Waals surface area contributed by atoms with Crippen LogP contribution >= 0.6 is 0 Å². The summed E-state index contributed by atoms with van der Waals surface area (Å²) in [4.78, 5) is 0.217. The summed E-state index contributed by atoms with van der Waals surface area (Å²) < 4.78 is 46.2. The zero-order valence-electron chi connectivity index (χ0n) is 16.6. The van der Waals surface area contributed by atoms with E-state index >= 15 is 0 Å². The third-order valence-corrected chi connectivity index (χ3v) is 7.20. The number of ether oxygens (including phenoxy) is 3. The third-order valence-electron chi connectivity index (χ3n) is 5.31. The van der Waals surface area contributed by atoms with Crippen LogP contribution in [0.15, 0.2) is 53.7 Å². The molecule has 0 aliphatic carbocycles. The van der Waals surface area contributed by atoms with E-state index in [-0.39, 0.29) is 11.0 Å². The lowest BCUT2D eigenvalue weighted by molar-refractivity contribution is 0.135. The van der Waals surface area contributed by atoms with Crippen molar-refractivity contribution < 1.29 is 22.6 Å². The number of hydrogen-bond acceptors (Lipinski definition) is 8. The van der Waals surface area contributed by atoms with E-state index in [4.69, 9.17) is 14.2 Å². The summed E-state index contributed by atoms with van der Waals surface area (Å²) in [7, 11) is -3.60. The maximum absolute atomic E-state index is 13.1. The van der Waals surface area contributed by atoms with Crippen LogP contribution in [0.5, 0.6) is 17.2 Å². The topological polar surface area (TPSA) is 109 Å². The molecule has 5 rings (SSSR count). The van der Waals surface area contributed by atoms with Crippen LogP contribution in [0.4, 0.5) is 0 Å². The molecule has 0 N–H and O–H groups in total. The Morgan fingerprint density at radius 2 is 1.71 bits per heavy atom. The molecule has 0 unspecified atom stereocenters. The molecule has 31 heavy (non-hydrogen) atoms. The maximum Gasteiger partial charge on any atom is 0.243 e. The molecular formula is C20H21N5O5S. The quantitative estimate of drug-likeness (QED) is 0.586. The van der Waals surface area contributed by atoms with Gasteiger partial charge < -0.3 is 14.2 Å². The van der Waals surface area contributed by atoms with Crippen molar-refractivity contribution in [3.63, 3.8) is 0 Å². The summed E-state index contributed by atoms with van der Waals surface area (Å²) in [5.74, 6) is 1.77. The van der Waals surface area contributed by atoms with E-state index in [2.05, 4.69) is 15.5 Å². The van der Waals surface area contributed by atoms with Gasteiger partial charge in [0.15, 0.2) is 11.5 Å². The predicted octanol–water partition coefficient (Wildman–Crippen LogP) is 1.67. The number of piperidine rings is 1. The summed E-state index contributed by atoms with van der Waals surface area (Å²) in [6, 6.07) is 12.2. The number of hydrogen-bond donors (Lipinski definition) is 0. The van der Waals surface area contributed by atoms with Gasteiger partial charge in [0.1, 0.15) is 31.4 Å². The summed E-state index contributed by atoms with van der Waals surface area (Å²) in [5, 5.41) is 11.1. The largest absolute Gasteiger partial charge is 0.490 e. The summed E-state index contributed by atoms with van der Waals surface area (Å²) in [6.07, 6.45) is 2.69. The van der Waals surface area contributed by atoms with Gasteiger partial charge in [0, 0.05) is 19.2 Å². The smallest absolute Gasteiger partial charge is 0.243 e. The van der Waals surface area contributed by atoms with Crippen molar-refractivity contribution in [1.82, 2.24) is 24.5 Å². The number of benzene rings is 2. The molecule has 0 amide bonds. The number of tetrazole rings is 1. The highest BCUT2D eigenvalue weighted by molar-refractivity contribution is 7.89. The van der Waals surface area contributed by atoms with Crippen LogP contribution in [0, 0.1) is 0 Å². The molecule has 0 atom stereocenters. The average Bonchev–Trinajstić information content (AvgIpc) is 3.35. The number of fused-ring (bicyclic) bond motifs is 1. The zero-order valence-corrected chi connectivity index (χ0v) is 17.4. The summed E-state index contributed by atoms with van der Waals surface area (Å²) in [5.41, 5.74) is 0.831. The van der Waals surface area contributed by atoms with Crippen LogP contribution in [0.3, 0.4) is 0 Å². The molecule has 1 fully saturated rings. The number of sulfonamides is 1. The van der Waals surface area contributed by atoms with Gasteiger partial charge in [-0.25, -0.2) is 13.1 Å². The lowest BCUT2D eigenvalue weighted by Gasteiger charge is -2.31. The van der Waals surface area contributed by atoms with Gasteiger partial charge in [0.2, 0.25) is 10.0 Å². The Kier molecular flexibility index (Phi) is 5.20. The van der Waals surface area contributed by atoms with E-state index in [1.165, 1.54) is 10.6 Å². The molecule has 3 heterocycles. The highest BCUT2D eigenvalue weighted by atomic mass is 32.2. The predicted molar refractivity (Wildman–Crippen MR) is 109 cm³/mol. The summed E-state index contributed by atoms with van der Waals surface area (Å²) in [6.45, 7) is 1.66. The standard InChI is InChI=1S/C20H21N5O5S/c26-31(27,18-5-6-19-20(13-18)29-12-11-28-19)24-9-7-17(8-10-24)30-16-3-1-15(2-4-16)25-14-21-22-23-25/h1-6,13-14,17H,7-12H2. The molecule has 10 nitrogen and oxygen atoms in total.